The van der Waals surface area contributed by atoms with Gasteiger partial charge in [-0.2, -0.15) is 0 Å². The lowest BCUT2D eigenvalue weighted by Crippen LogP contribution is -2.46. The van der Waals surface area contributed by atoms with Gasteiger partial charge in [0.1, 0.15) is 0 Å². The number of hydrogen-bond donors (Lipinski definition) is 1. The number of rotatable bonds is 6. The second kappa shape index (κ2) is 7.38. The Labute approximate surface area is 152 Å². The van der Waals surface area contributed by atoms with Crippen molar-refractivity contribution in [2.24, 2.45) is 0 Å². The Bertz CT molecular complexity index is 915. The summed E-state index contributed by atoms with van der Waals surface area (Å²) in [5, 5.41) is 31.4. The van der Waals surface area contributed by atoms with Crippen molar-refractivity contribution in [3.05, 3.63) is 68.3 Å². The first-order valence-corrected chi connectivity index (χ1v) is 8.02. The standard InChI is InChI=1S/C17H15N3O7/c21-8-7-15-17(22)18(10-11-3-1-2-4-13(11)20(25)26)14-6-5-12(19(23)24)9-16(14)27-15/h1-6,9,15,21H,7-8,10H2. The number of nitrogens with zero attached hydrogens (tertiary/aromatic N) is 3. The number of aliphatic hydroxyl groups is 1. The molecule has 1 unspecified atom stereocenters. The number of para-hydroxylation sites is 1. The Kier molecular flexibility index (Phi) is 4.99. The predicted molar refractivity (Wildman–Crippen MR) is 93.5 cm³/mol. The quantitative estimate of drug-likeness (QED) is 0.605. The maximum atomic E-state index is 12.8. The van der Waals surface area contributed by atoms with Crippen molar-refractivity contribution >= 4 is 23.0 Å². The highest BCUT2D eigenvalue weighted by Gasteiger charge is 2.36. The largest absolute Gasteiger partial charge is 0.478 e. The van der Waals surface area contributed by atoms with E-state index in [9.17, 15) is 30.1 Å². The second-order valence-electron chi connectivity index (χ2n) is 5.84. The maximum Gasteiger partial charge on any atom is 0.274 e. The van der Waals surface area contributed by atoms with E-state index in [2.05, 4.69) is 0 Å². The van der Waals surface area contributed by atoms with Crippen LogP contribution in [-0.2, 0) is 11.3 Å². The van der Waals surface area contributed by atoms with Gasteiger partial charge in [0.25, 0.3) is 17.3 Å². The summed E-state index contributed by atoms with van der Waals surface area (Å²) in [5.74, 6) is -0.371. The SMILES string of the molecule is O=C1C(CCO)Oc2cc([N+](=O)[O-])ccc2N1Cc1ccccc1[N+](=O)[O-]. The van der Waals surface area contributed by atoms with E-state index < -0.39 is 21.9 Å². The number of non-ortho nitro benzene ring substituents is 1. The van der Waals surface area contributed by atoms with Crippen molar-refractivity contribution in [3.63, 3.8) is 0 Å². The van der Waals surface area contributed by atoms with Crippen molar-refractivity contribution in [3.8, 4) is 5.75 Å². The highest BCUT2D eigenvalue weighted by Crippen LogP contribution is 2.39. The highest BCUT2D eigenvalue weighted by molar-refractivity contribution is 6.00. The summed E-state index contributed by atoms with van der Waals surface area (Å²) in [6.45, 7) is -0.425. The number of aliphatic hydroxyl groups excluding tert-OH is 1. The molecule has 1 aliphatic heterocycles. The van der Waals surface area contributed by atoms with Gasteiger partial charge in [-0.05, 0) is 6.07 Å². The molecular formula is C17H15N3O7. The molecule has 140 valence electrons. The molecule has 10 nitrogen and oxygen atoms in total. The molecule has 2 aromatic carbocycles. The molecule has 0 radical (unpaired) electrons. The molecule has 0 bridgehead atoms. The van der Waals surface area contributed by atoms with Crippen LogP contribution in [0.5, 0.6) is 5.75 Å². The third kappa shape index (κ3) is 3.55. The number of carbonyl (C=O) groups excluding carboxylic acids is 1. The number of amides is 1. The van der Waals surface area contributed by atoms with Crippen LogP contribution in [0.1, 0.15) is 12.0 Å². The summed E-state index contributed by atoms with van der Waals surface area (Å²) in [6.07, 6.45) is -1.04. The molecule has 1 heterocycles. The zero-order valence-electron chi connectivity index (χ0n) is 14.0. The van der Waals surface area contributed by atoms with Gasteiger partial charge in [0.2, 0.25) is 0 Å². The zero-order valence-corrected chi connectivity index (χ0v) is 14.0. The number of ether oxygens (including phenoxy) is 1. The number of anilines is 1. The molecular weight excluding hydrogens is 358 g/mol. The molecule has 0 saturated heterocycles. The summed E-state index contributed by atoms with van der Waals surface area (Å²) in [6, 6.07) is 9.81. The lowest BCUT2D eigenvalue weighted by atomic mass is 10.1. The molecule has 0 spiro atoms. The van der Waals surface area contributed by atoms with E-state index in [1.807, 2.05) is 0 Å². The minimum atomic E-state index is -1.03. The number of benzene rings is 2. The van der Waals surface area contributed by atoms with Crippen LogP contribution in [-0.4, -0.2) is 33.6 Å². The lowest BCUT2D eigenvalue weighted by molar-refractivity contribution is -0.385. The van der Waals surface area contributed by atoms with E-state index >= 15 is 0 Å². The minimum absolute atomic E-state index is 0.00561. The van der Waals surface area contributed by atoms with Crippen molar-refractivity contribution in [1.82, 2.24) is 0 Å². The molecule has 0 saturated carbocycles. The molecule has 10 heteroatoms. The van der Waals surface area contributed by atoms with Gasteiger partial charge >= 0.3 is 0 Å². The number of fused-ring (bicyclic) bond motifs is 1. The summed E-state index contributed by atoms with van der Waals surface area (Å²) in [5.41, 5.74) is 0.234. The molecule has 1 amide bonds. The van der Waals surface area contributed by atoms with Crippen molar-refractivity contribution in [2.45, 2.75) is 19.1 Å². The van der Waals surface area contributed by atoms with E-state index in [-0.39, 0.29) is 42.4 Å². The monoisotopic (exact) mass is 373 g/mol. The van der Waals surface area contributed by atoms with Crippen LogP contribution in [0.3, 0.4) is 0 Å². The van der Waals surface area contributed by atoms with Crippen LogP contribution in [0.15, 0.2) is 42.5 Å². The fraction of sp³-hybridized carbons (Fsp3) is 0.235. The van der Waals surface area contributed by atoms with Gasteiger partial charge in [0, 0.05) is 30.7 Å². The summed E-state index contributed by atoms with van der Waals surface area (Å²) in [7, 11) is 0. The van der Waals surface area contributed by atoms with E-state index in [0.717, 1.165) is 0 Å². The predicted octanol–water partition coefficient (Wildman–Crippen LogP) is 2.18. The molecule has 1 aliphatic rings. The van der Waals surface area contributed by atoms with Crippen LogP contribution < -0.4 is 9.64 Å². The number of nitro groups is 2. The average molecular weight is 373 g/mol. The number of nitro benzene ring substituents is 2. The van der Waals surface area contributed by atoms with Crippen molar-refractivity contribution in [2.75, 3.05) is 11.5 Å². The molecule has 3 rings (SSSR count). The van der Waals surface area contributed by atoms with E-state index in [1.165, 1.54) is 41.3 Å². The third-order valence-corrected chi connectivity index (χ3v) is 4.16. The molecule has 0 aromatic heterocycles. The maximum absolute atomic E-state index is 12.8. The van der Waals surface area contributed by atoms with Gasteiger partial charge in [-0.25, -0.2) is 0 Å². The topological polar surface area (TPSA) is 136 Å². The average Bonchev–Trinajstić information content (AvgIpc) is 2.65. The fourth-order valence-corrected chi connectivity index (χ4v) is 2.89. The van der Waals surface area contributed by atoms with Crippen molar-refractivity contribution in [1.29, 1.82) is 0 Å². The lowest BCUT2D eigenvalue weighted by Gasteiger charge is -2.34. The molecule has 2 aromatic rings. The smallest absolute Gasteiger partial charge is 0.274 e. The first-order chi connectivity index (χ1) is 12.9. The zero-order chi connectivity index (χ0) is 19.6. The minimum Gasteiger partial charge on any atom is -0.478 e. The Morgan fingerprint density at radius 3 is 2.52 bits per heavy atom. The Balaban J connectivity index is 2.04. The van der Waals surface area contributed by atoms with Crippen LogP contribution in [0, 0.1) is 20.2 Å². The summed E-state index contributed by atoms with van der Waals surface area (Å²) in [4.78, 5) is 35.2. The number of hydrogen-bond acceptors (Lipinski definition) is 7. The molecule has 0 fully saturated rings. The van der Waals surface area contributed by atoms with Gasteiger partial charge in [0.05, 0.1) is 28.1 Å². The van der Waals surface area contributed by atoms with Gasteiger partial charge in [0.15, 0.2) is 11.9 Å². The van der Waals surface area contributed by atoms with Crippen molar-refractivity contribution < 1.29 is 24.5 Å². The van der Waals surface area contributed by atoms with Gasteiger partial charge in [-0.1, -0.05) is 18.2 Å². The molecule has 27 heavy (non-hydrogen) atoms. The molecule has 1 atom stereocenters. The van der Waals surface area contributed by atoms with Crippen LogP contribution >= 0.6 is 0 Å². The van der Waals surface area contributed by atoms with Crippen LogP contribution in [0.2, 0.25) is 0 Å². The first-order valence-electron chi connectivity index (χ1n) is 8.02. The van der Waals surface area contributed by atoms with E-state index in [1.54, 1.807) is 6.07 Å². The van der Waals surface area contributed by atoms with E-state index in [0.29, 0.717) is 5.56 Å². The summed E-state index contributed by atoms with van der Waals surface area (Å²) >= 11 is 0. The van der Waals surface area contributed by atoms with Crippen LogP contribution in [0.4, 0.5) is 17.1 Å². The Hall–Kier alpha value is -3.53. The highest BCUT2D eigenvalue weighted by atomic mass is 16.6. The Morgan fingerprint density at radius 1 is 1.11 bits per heavy atom. The fourth-order valence-electron chi connectivity index (χ4n) is 2.89. The van der Waals surface area contributed by atoms with Crippen LogP contribution in [0.25, 0.3) is 0 Å². The normalized spacial score (nSPS) is 15.8. The first kappa shape index (κ1) is 18.3. The molecule has 0 aliphatic carbocycles. The van der Waals surface area contributed by atoms with E-state index in [4.69, 9.17) is 4.74 Å². The van der Waals surface area contributed by atoms with Gasteiger partial charge in [-0.15, -0.1) is 0 Å². The second-order valence-corrected chi connectivity index (χ2v) is 5.84. The Morgan fingerprint density at radius 2 is 1.85 bits per heavy atom. The van der Waals surface area contributed by atoms with Gasteiger partial charge < -0.3 is 14.7 Å². The number of carbonyl (C=O) groups is 1. The summed E-state index contributed by atoms with van der Waals surface area (Å²) < 4.78 is 5.53. The molecule has 1 N–H and O–H groups in total. The third-order valence-electron chi connectivity index (χ3n) is 4.16. The van der Waals surface area contributed by atoms with Gasteiger partial charge in [-0.3, -0.25) is 25.0 Å².